The van der Waals surface area contributed by atoms with Gasteiger partial charge < -0.3 is 9.47 Å². The molecule has 0 heterocycles. The average Bonchev–Trinajstić information content (AvgIpc) is 2.47. The standard InChI is InChI=1S/C18H30O3/c1-7-16(5)20-13-15(4)10-9-14(3)11-12-17(6)21-18(19)8-2/h7-8,14-15,17H,1-2,5,9-13H2,3-4,6H3. The zero-order valence-electron chi connectivity index (χ0n) is 13.8. The SMILES string of the molecule is C=CC(=C)OCC(C)CCC(C)CCC(C)OC(=O)C=C. The van der Waals surface area contributed by atoms with Gasteiger partial charge in [0.05, 0.1) is 12.7 Å². The first kappa shape index (κ1) is 19.5. The Hall–Kier alpha value is -1.51. The van der Waals surface area contributed by atoms with E-state index < -0.39 is 0 Å². The predicted molar refractivity (Wildman–Crippen MR) is 87.8 cm³/mol. The summed E-state index contributed by atoms with van der Waals surface area (Å²) in [4.78, 5) is 11.1. The number of hydrogen-bond donors (Lipinski definition) is 0. The van der Waals surface area contributed by atoms with E-state index >= 15 is 0 Å². The summed E-state index contributed by atoms with van der Waals surface area (Å²) in [6.45, 7) is 17.8. The topological polar surface area (TPSA) is 35.5 Å². The molecule has 0 aliphatic carbocycles. The first-order valence-corrected chi connectivity index (χ1v) is 7.66. The van der Waals surface area contributed by atoms with Crippen molar-refractivity contribution in [3.8, 4) is 0 Å². The lowest BCUT2D eigenvalue weighted by Gasteiger charge is -2.18. The molecule has 0 saturated heterocycles. The minimum atomic E-state index is -0.344. The minimum Gasteiger partial charge on any atom is -0.494 e. The molecule has 0 amide bonds. The number of carbonyl (C=O) groups excluding carboxylic acids is 1. The van der Waals surface area contributed by atoms with Crippen LogP contribution in [-0.2, 0) is 14.3 Å². The van der Waals surface area contributed by atoms with Crippen molar-refractivity contribution in [2.24, 2.45) is 11.8 Å². The van der Waals surface area contributed by atoms with Crippen LogP contribution in [0.25, 0.3) is 0 Å². The third-order valence-electron chi connectivity index (χ3n) is 3.48. The van der Waals surface area contributed by atoms with Gasteiger partial charge in [0.25, 0.3) is 0 Å². The molecule has 3 unspecified atom stereocenters. The van der Waals surface area contributed by atoms with Gasteiger partial charge >= 0.3 is 5.97 Å². The first-order valence-electron chi connectivity index (χ1n) is 7.66. The van der Waals surface area contributed by atoms with Crippen LogP contribution in [0.4, 0.5) is 0 Å². The second-order valence-electron chi connectivity index (χ2n) is 5.80. The molecular formula is C18H30O3. The summed E-state index contributed by atoms with van der Waals surface area (Å²) in [6, 6.07) is 0. The molecule has 0 aromatic carbocycles. The highest BCUT2D eigenvalue weighted by Crippen LogP contribution is 2.19. The fourth-order valence-electron chi connectivity index (χ4n) is 1.93. The molecule has 3 nitrogen and oxygen atoms in total. The fraction of sp³-hybridized carbons (Fsp3) is 0.611. The average molecular weight is 294 g/mol. The Bertz CT molecular complexity index is 346. The van der Waals surface area contributed by atoms with Crippen molar-refractivity contribution in [1.82, 2.24) is 0 Å². The Morgan fingerprint density at radius 2 is 1.57 bits per heavy atom. The molecule has 0 spiro atoms. The van der Waals surface area contributed by atoms with E-state index in [-0.39, 0.29) is 12.1 Å². The van der Waals surface area contributed by atoms with E-state index in [1.54, 1.807) is 6.08 Å². The highest BCUT2D eigenvalue weighted by Gasteiger charge is 2.11. The van der Waals surface area contributed by atoms with Crippen LogP contribution in [0.3, 0.4) is 0 Å². The van der Waals surface area contributed by atoms with Gasteiger partial charge in [-0.15, -0.1) is 0 Å². The van der Waals surface area contributed by atoms with Crippen molar-refractivity contribution < 1.29 is 14.3 Å². The van der Waals surface area contributed by atoms with Gasteiger partial charge in [0.2, 0.25) is 0 Å². The summed E-state index contributed by atoms with van der Waals surface area (Å²) >= 11 is 0. The predicted octanol–water partition coefficient (Wildman–Crippen LogP) is 4.65. The maximum Gasteiger partial charge on any atom is 0.330 e. The van der Waals surface area contributed by atoms with E-state index in [0.717, 1.165) is 25.7 Å². The van der Waals surface area contributed by atoms with Gasteiger partial charge in [-0.2, -0.15) is 0 Å². The Morgan fingerprint density at radius 3 is 2.14 bits per heavy atom. The number of carbonyl (C=O) groups is 1. The van der Waals surface area contributed by atoms with Gasteiger partial charge in [0.1, 0.15) is 5.76 Å². The van der Waals surface area contributed by atoms with E-state index in [9.17, 15) is 4.79 Å². The zero-order valence-corrected chi connectivity index (χ0v) is 13.8. The number of ether oxygens (including phenoxy) is 2. The van der Waals surface area contributed by atoms with Gasteiger partial charge in [0, 0.05) is 6.08 Å². The molecule has 0 radical (unpaired) electrons. The molecule has 21 heavy (non-hydrogen) atoms. The molecule has 0 aliphatic heterocycles. The zero-order chi connectivity index (χ0) is 16.3. The summed E-state index contributed by atoms with van der Waals surface area (Å²) in [5, 5.41) is 0. The summed E-state index contributed by atoms with van der Waals surface area (Å²) in [5.41, 5.74) is 0. The monoisotopic (exact) mass is 294 g/mol. The van der Waals surface area contributed by atoms with Crippen molar-refractivity contribution >= 4 is 5.97 Å². The molecule has 0 rings (SSSR count). The second kappa shape index (κ2) is 11.2. The minimum absolute atomic E-state index is 0.0466. The Kier molecular flexibility index (Phi) is 10.4. The number of esters is 1. The van der Waals surface area contributed by atoms with Crippen LogP contribution < -0.4 is 0 Å². The van der Waals surface area contributed by atoms with E-state index in [2.05, 4.69) is 33.6 Å². The van der Waals surface area contributed by atoms with Crippen LogP contribution in [0.2, 0.25) is 0 Å². The van der Waals surface area contributed by atoms with Crippen molar-refractivity contribution in [3.63, 3.8) is 0 Å². The summed E-state index contributed by atoms with van der Waals surface area (Å²) < 4.78 is 10.6. The van der Waals surface area contributed by atoms with Crippen LogP contribution in [-0.4, -0.2) is 18.7 Å². The lowest BCUT2D eigenvalue weighted by atomic mass is 9.94. The van der Waals surface area contributed by atoms with Crippen molar-refractivity contribution in [2.45, 2.75) is 52.6 Å². The number of rotatable bonds is 12. The highest BCUT2D eigenvalue weighted by molar-refractivity contribution is 5.81. The van der Waals surface area contributed by atoms with Gasteiger partial charge in [-0.1, -0.05) is 40.0 Å². The normalized spacial score (nSPS) is 14.6. The highest BCUT2D eigenvalue weighted by atomic mass is 16.5. The Balaban J connectivity index is 3.76. The molecule has 0 aliphatic rings. The molecule has 120 valence electrons. The van der Waals surface area contributed by atoms with Crippen LogP contribution in [0.5, 0.6) is 0 Å². The molecule has 0 fully saturated rings. The van der Waals surface area contributed by atoms with Gasteiger partial charge in [-0.05, 0) is 44.1 Å². The molecule has 0 saturated carbocycles. The van der Waals surface area contributed by atoms with Crippen LogP contribution in [0.1, 0.15) is 46.5 Å². The summed E-state index contributed by atoms with van der Waals surface area (Å²) in [6.07, 6.45) is 6.99. The van der Waals surface area contributed by atoms with E-state index in [4.69, 9.17) is 9.47 Å². The van der Waals surface area contributed by atoms with Gasteiger partial charge in [-0.25, -0.2) is 4.79 Å². The largest absolute Gasteiger partial charge is 0.494 e. The summed E-state index contributed by atoms with van der Waals surface area (Å²) in [7, 11) is 0. The second-order valence-corrected chi connectivity index (χ2v) is 5.80. The number of hydrogen-bond acceptors (Lipinski definition) is 3. The third kappa shape index (κ3) is 10.9. The lowest BCUT2D eigenvalue weighted by molar-refractivity contribution is -0.142. The van der Waals surface area contributed by atoms with E-state index in [0.29, 0.717) is 24.2 Å². The first-order chi connectivity index (χ1) is 9.88. The lowest BCUT2D eigenvalue weighted by Crippen LogP contribution is -2.14. The maximum atomic E-state index is 11.1. The maximum absolute atomic E-state index is 11.1. The molecule has 0 aromatic rings. The fourth-order valence-corrected chi connectivity index (χ4v) is 1.93. The molecule has 0 bridgehead atoms. The Morgan fingerprint density at radius 1 is 1.00 bits per heavy atom. The van der Waals surface area contributed by atoms with Gasteiger partial charge in [0.15, 0.2) is 0 Å². The molecule has 0 aromatic heterocycles. The van der Waals surface area contributed by atoms with Crippen LogP contribution in [0, 0.1) is 11.8 Å². The third-order valence-corrected chi connectivity index (χ3v) is 3.48. The molecule has 0 N–H and O–H groups in total. The van der Waals surface area contributed by atoms with Crippen LogP contribution >= 0.6 is 0 Å². The molecule has 3 heteroatoms. The number of allylic oxidation sites excluding steroid dienone is 1. The van der Waals surface area contributed by atoms with E-state index in [1.165, 1.54) is 6.08 Å². The summed E-state index contributed by atoms with van der Waals surface area (Å²) in [5.74, 6) is 1.40. The van der Waals surface area contributed by atoms with Crippen LogP contribution in [0.15, 0.2) is 37.6 Å². The molecule has 3 atom stereocenters. The van der Waals surface area contributed by atoms with Crippen molar-refractivity contribution in [1.29, 1.82) is 0 Å². The van der Waals surface area contributed by atoms with Crippen molar-refractivity contribution in [2.75, 3.05) is 6.61 Å². The van der Waals surface area contributed by atoms with E-state index in [1.807, 2.05) is 6.92 Å². The Labute approximate surface area is 129 Å². The smallest absolute Gasteiger partial charge is 0.330 e. The van der Waals surface area contributed by atoms with Gasteiger partial charge in [-0.3, -0.25) is 0 Å². The molecular weight excluding hydrogens is 264 g/mol. The van der Waals surface area contributed by atoms with Crippen molar-refractivity contribution in [3.05, 3.63) is 37.6 Å². The quantitative estimate of drug-likeness (QED) is 0.227.